The molecule has 2 aromatic carbocycles. The predicted molar refractivity (Wildman–Crippen MR) is 95.4 cm³/mol. The van der Waals surface area contributed by atoms with Crippen LogP contribution < -0.4 is 5.32 Å². The topological polar surface area (TPSA) is 46.2 Å². The van der Waals surface area contributed by atoms with Crippen LogP contribution in [-0.4, -0.2) is 21.6 Å². The minimum absolute atomic E-state index is 0.0378. The predicted octanol–water partition coefficient (Wildman–Crippen LogP) is 3.77. The van der Waals surface area contributed by atoms with Crippen molar-refractivity contribution in [2.45, 2.75) is 12.8 Å². The van der Waals surface area contributed by atoms with Crippen LogP contribution >= 0.6 is 15.9 Å². The molecular weight excluding hydrogens is 362 g/mol. The Hall–Kier alpha value is -1.46. The molecule has 22 heavy (non-hydrogen) atoms. The van der Waals surface area contributed by atoms with Gasteiger partial charge in [-0.1, -0.05) is 42.5 Å². The van der Waals surface area contributed by atoms with Crippen LogP contribution in [0.3, 0.4) is 0 Å². The van der Waals surface area contributed by atoms with Gasteiger partial charge in [-0.15, -0.1) is 0 Å². The zero-order valence-electron chi connectivity index (χ0n) is 12.1. The highest BCUT2D eigenvalue weighted by molar-refractivity contribution is 9.10. The Bertz CT molecular complexity index is 646. The van der Waals surface area contributed by atoms with Crippen molar-refractivity contribution in [2.24, 2.45) is 0 Å². The number of benzene rings is 2. The van der Waals surface area contributed by atoms with Gasteiger partial charge in [-0.05, 0) is 46.5 Å². The van der Waals surface area contributed by atoms with Gasteiger partial charge in [0.25, 0.3) is 0 Å². The number of para-hydroxylation sites is 1. The quantitative estimate of drug-likeness (QED) is 0.795. The van der Waals surface area contributed by atoms with Crippen molar-refractivity contribution in [3.05, 3.63) is 64.6 Å². The van der Waals surface area contributed by atoms with Crippen molar-refractivity contribution in [1.29, 1.82) is 0 Å². The molecule has 0 saturated carbocycles. The molecule has 0 saturated heterocycles. The van der Waals surface area contributed by atoms with Gasteiger partial charge in [0.2, 0.25) is 5.91 Å². The van der Waals surface area contributed by atoms with Crippen LogP contribution in [0.5, 0.6) is 0 Å². The second-order valence-electron chi connectivity index (χ2n) is 4.91. The van der Waals surface area contributed by atoms with E-state index in [-0.39, 0.29) is 11.7 Å². The lowest BCUT2D eigenvalue weighted by Gasteiger charge is -2.07. The first-order valence-electron chi connectivity index (χ1n) is 7.08. The summed E-state index contributed by atoms with van der Waals surface area (Å²) >= 11 is 3.37. The van der Waals surface area contributed by atoms with Gasteiger partial charge in [-0.3, -0.25) is 9.00 Å². The van der Waals surface area contributed by atoms with E-state index < -0.39 is 10.8 Å². The summed E-state index contributed by atoms with van der Waals surface area (Å²) in [5.74, 6) is 0.360. The summed E-state index contributed by atoms with van der Waals surface area (Å²) < 4.78 is 12.8. The lowest BCUT2D eigenvalue weighted by atomic mass is 10.1. The van der Waals surface area contributed by atoms with Crippen LogP contribution in [0.15, 0.2) is 59.1 Å². The number of aryl methyl sites for hydroxylation is 1. The molecule has 116 valence electrons. The molecule has 5 heteroatoms. The maximum atomic E-state index is 12.0. The maximum absolute atomic E-state index is 12.0. The van der Waals surface area contributed by atoms with Gasteiger partial charge in [-0.2, -0.15) is 0 Å². The molecule has 0 bridgehead atoms. The Morgan fingerprint density at radius 2 is 1.73 bits per heavy atom. The van der Waals surface area contributed by atoms with Gasteiger partial charge in [0.15, 0.2) is 0 Å². The minimum atomic E-state index is -1.13. The maximum Gasteiger partial charge on any atom is 0.237 e. The van der Waals surface area contributed by atoms with Crippen LogP contribution in [0.4, 0.5) is 5.69 Å². The van der Waals surface area contributed by atoms with Gasteiger partial charge < -0.3 is 5.32 Å². The Labute approximate surface area is 141 Å². The van der Waals surface area contributed by atoms with E-state index >= 15 is 0 Å². The number of rotatable bonds is 7. The van der Waals surface area contributed by atoms with Crippen LogP contribution in [0, 0.1) is 0 Å². The van der Waals surface area contributed by atoms with E-state index in [9.17, 15) is 9.00 Å². The first-order valence-corrected chi connectivity index (χ1v) is 9.36. The number of nitrogens with one attached hydrogen (secondary N) is 1. The second-order valence-corrected chi connectivity index (χ2v) is 7.34. The summed E-state index contributed by atoms with van der Waals surface area (Å²) in [5.41, 5.74) is 1.94. The molecule has 0 heterocycles. The van der Waals surface area contributed by atoms with Gasteiger partial charge in [0.1, 0.15) is 5.75 Å². The fourth-order valence-electron chi connectivity index (χ4n) is 2.05. The number of hydrogen-bond donors (Lipinski definition) is 1. The van der Waals surface area contributed by atoms with Crippen LogP contribution in [0.25, 0.3) is 0 Å². The van der Waals surface area contributed by atoms with Crippen molar-refractivity contribution in [2.75, 3.05) is 16.8 Å². The average Bonchev–Trinajstić information content (AvgIpc) is 2.50. The van der Waals surface area contributed by atoms with Crippen molar-refractivity contribution >= 4 is 38.3 Å². The zero-order chi connectivity index (χ0) is 15.8. The fourth-order valence-corrected chi connectivity index (χ4v) is 3.41. The Morgan fingerprint density at radius 3 is 2.45 bits per heavy atom. The normalized spacial score (nSPS) is 11.9. The lowest BCUT2D eigenvalue weighted by molar-refractivity contribution is -0.113. The summed E-state index contributed by atoms with van der Waals surface area (Å²) in [6.45, 7) is 0. The van der Waals surface area contributed by atoms with Crippen LogP contribution in [0.1, 0.15) is 12.0 Å². The molecule has 0 fully saturated rings. The number of anilines is 1. The molecule has 2 aromatic rings. The standard InChI is InChI=1S/C17H18BrNO2S/c18-15-10-4-5-11-16(15)19-17(20)13-22(21)12-6-9-14-7-2-1-3-8-14/h1-5,7-8,10-11H,6,9,12-13H2,(H,19,20). The largest absolute Gasteiger partial charge is 0.324 e. The van der Waals surface area contributed by atoms with E-state index in [4.69, 9.17) is 0 Å². The van der Waals surface area contributed by atoms with Crippen molar-refractivity contribution in [3.8, 4) is 0 Å². The number of halogens is 1. The number of hydrogen-bond acceptors (Lipinski definition) is 2. The van der Waals surface area contributed by atoms with Crippen molar-refractivity contribution in [1.82, 2.24) is 0 Å². The van der Waals surface area contributed by atoms with Crippen LogP contribution in [0.2, 0.25) is 0 Å². The van der Waals surface area contributed by atoms with Crippen LogP contribution in [-0.2, 0) is 22.0 Å². The molecule has 0 aromatic heterocycles. The summed E-state index contributed by atoms with van der Waals surface area (Å²) in [6.07, 6.45) is 1.71. The van der Waals surface area contributed by atoms with E-state index in [0.29, 0.717) is 11.4 Å². The van der Waals surface area contributed by atoms with E-state index in [1.165, 1.54) is 5.56 Å². The Balaban J connectivity index is 1.72. The first kappa shape index (κ1) is 16.9. The summed E-state index contributed by atoms with van der Waals surface area (Å²) in [7, 11) is -1.13. The first-order chi connectivity index (χ1) is 10.6. The molecule has 3 nitrogen and oxygen atoms in total. The van der Waals surface area contributed by atoms with Crippen molar-refractivity contribution in [3.63, 3.8) is 0 Å². The molecule has 1 amide bonds. The van der Waals surface area contributed by atoms with E-state index in [2.05, 4.69) is 33.4 Å². The molecular formula is C17H18BrNO2S. The van der Waals surface area contributed by atoms with Gasteiger partial charge >= 0.3 is 0 Å². The molecule has 0 spiro atoms. The number of carbonyl (C=O) groups excluding carboxylic acids is 1. The monoisotopic (exact) mass is 379 g/mol. The third kappa shape index (κ3) is 5.73. The highest BCUT2D eigenvalue weighted by atomic mass is 79.9. The minimum Gasteiger partial charge on any atom is -0.324 e. The average molecular weight is 380 g/mol. The SMILES string of the molecule is O=C(CS(=O)CCCc1ccccc1)Nc1ccccc1Br. The molecule has 0 aliphatic rings. The third-order valence-electron chi connectivity index (χ3n) is 3.12. The number of carbonyl (C=O) groups is 1. The fraction of sp³-hybridized carbons (Fsp3) is 0.235. The van der Waals surface area contributed by atoms with Crippen molar-refractivity contribution < 1.29 is 9.00 Å². The van der Waals surface area contributed by atoms with E-state index in [1.807, 2.05) is 36.4 Å². The molecule has 1 atom stereocenters. The third-order valence-corrected chi connectivity index (χ3v) is 5.14. The molecule has 0 aliphatic heterocycles. The second kappa shape index (κ2) is 8.86. The highest BCUT2D eigenvalue weighted by Crippen LogP contribution is 2.20. The van der Waals surface area contributed by atoms with Gasteiger partial charge in [-0.25, -0.2) is 0 Å². The molecule has 1 unspecified atom stereocenters. The zero-order valence-corrected chi connectivity index (χ0v) is 14.5. The highest BCUT2D eigenvalue weighted by Gasteiger charge is 2.09. The summed E-state index contributed by atoms with van der Waals surface area (Å²) in [5, 5.41) is 2.77. The number of amides is 1. The Morgan fingerprint density at radius 1 is 1.05 bits per heavy atom. The summed E-state index contributed by atoms with van der Waals surface area (Å²) in [4.78, 5) is 11.9. The molecule has 2 rings (SSSR count). The van der Waals surface area contributed by atoms with Gasteiger partial charge in [0, 0.05) is 21.0 Å². The Kier molecular flexibility index (Phi) is 6.80. The van der Waals surface area contributed by atoms with Gasteiger partial charge in [0.05, 0.1) is 5.69 Å². The summed E-state index contributed by atoms with van der Waals surface area (Å²) in [6, 6.07) is 17.5. The van der Waals surface area contributed by atoms with E-state index in [1.54, 1.807) is 6.07 Å². The molecule has 1 N–H and O–H groups in total. The molecule has 0 aliphatic carbocycles. The smallest absolute Gasteiger partial charge is 0.237 e. The lowest BCUT2D eigenvalue weighted by Crippen LogP contribution is -2.21. The molecule has 0 radical (unpaired) electrons. The van der Waals surface area contributed by atoms with E-state index in [0.717, 1.165) is 17.3 Å².